The van der Waals surface area contributed by atoms with Crippen molar-refractivity contribution < 1.29 is 9.53 Å². The van der Waals surface area contributed by atoms with Crippen LogP contribution in [0.3, 0.4) is 0 Å². The maximum absolute atomic E-state index is 12.7. The van der Waals surface area contributed by atoms with Gasteiger partial charge < -0.3 is 10.1 Å². The van der Waals surface area contributed by atoms with E-state index in [1.165, 1.54) is 15.6 Å². The van der Waals surface area contributed by atoms with E-state index in [0.29, 0.717) is 35.3 Å². The zero-order valence-electron chi connectivity index (χ0n) is 16.7. The summed E-state index contributed by atoms with van der Waals surface area (Å²) >= 11 is 6.02. The fourth-order valence-electron chi connectivity index (χ4n) is 3.07. The van der Waals surface area contributed by atoms with E-state index in [1.54, 1.807) is 30.3 Å². The quantitative estimate of drug-likeness (QED) is 0.475. The third kappa shape index (κ3) is 4.72. The molecule has 9 nitrogen and oxygen atoms in total. The largest absolute Gasteiger partial charge is 0.494 e. The summed E-state index contributed by atoms with van der Waals surface area (Å²) in [6.07, 6.45) is 1.32. The van der Waals surface area contributed by atoms with E-state index in [0.717, 1.165) is 5.56 Å². The van der Waals surface area contributed by atoms with Gasteiger partial charge in [0.2, 0.25) is 5.91 Å². The number of hydrogen-bond donors (Lipinski definition) is 1. The van der Waals surface area contributed by atoms with Gasteiger partial charge in [-0.3, -0.25) is 14.2 Å². The summed E-state index contributed by atoms with van der Waals surface area (Å²) in [6.45, 7) is 2.63. The second kappa shape index (κ2) is 8.97. The molecule has 0 fully saturated rings. The minimum atomic E-state index is -0.441. The number of hydrogen-bond acceptors (Lipinski definition) is 6. The minimum Gasteiger partial charge on any atom is -0.494 e. The molecule has 0 bridgehead atoms. The Morgan fingerprint density at radius 1 is 1.19 bits per heavy atom. The Kier molecular flexibility index (Phi) is 5.94. The average molecular weight is 439 g/mol. The number of nitrogens with one attached hydrogen (secondary N) is 1. The normalized spacial score (nSPS) is 10.9. The number of aromatic nitrogens is 5. The lowest BCUT2D eigenvalue weighted by Crippen LogP contribution is -2.28. The van der Waals surface area contributed by atoms with Gasteiger partial charge in [0.15, 0.2) is 11.2 Å². The van der Waals surface area contributed by atoms with Gasteiger partial charge in [0.1, 0.15) is 18.6 Å². The number of amides is 1. The maximum Gasteiger partial charge on any atom is 0.283 e. The Morgan fingerprint density at radius 3 is 2.74 bits per heavy atom. The Balaban J connectivity index is 1.49. The number of carbonyl (C=O) groups excluding carboxylic acids is 1. The number of ether oxygens (including phenoxy) is 1. The van der Waals surface area contributed by atoms with Crippen molar-refractivity contribution >= 4 is 34.4 Å². The summed E-state index contributed by atoms with van der Waals surface area (Å²) in [5.74, 6) is 0.353. The van der Waals surface area contributed by atoms with E-state index >= 15 is 0 Å². The minimum absolute atomic E-state index is 0.0957. The molecule has 1 N–H and O–H groups in total. The van der Waals surface area contributed by atoms with Gasteiger partial charge in [-0.05, 0) is 48.9 Å². The highest BCUT2D eigenvalue weighted by atomic mass is 35.5. The third-order valence-corrected chi connectivity index (χ3v) is 4.71. The van der Waals surface area contributed by atoms with Crippen LogP contribution in [-0.2, 0) is 17.9 Å². The number of halogens is 1. The Morgan fingerprint density at radius 2 is 2.00 bits per heavy atom. The molecular weight excluding hydrogens is 420 g/mol. The molecule has 0 saturated carbocycles. The van der Waals surface area contributed by atoms with Crippen LogP contribution in [-0.4, -0.2) is 37.1 Å². The van der Waals surface area contributed by atoms with Crippen molar-refractivity contribution in [2.45, 2.75) is 20.0 Å². The van der Waals surface area contributed by atoms with Crippen LogP contribution < -0.4 is 15.6 Å². The van der Waals surface area contributed by atoms with Gasteiger partial charge in [-0.1, -0.05) is 28.9 Å². The fraction of sp³-hybridized carbons (Fsp3) is 0.190. The van der Waals surface area contributed by atoms with Crippen LogP contribution in [0.15, 0.2) is 59.7 Å². The van der Waals surface area contributed by atoms with Gasteiger partial charge in [0, 0.05) is 10.7 Å². The first-order valence-corrected chi connectivity index (χ1v) is 9.97. The second-order valence-electron chi connectivity index (χ2n) is 6.73. The molecule has 4 aromatic rings. The molecule has 2 aromatic carbocycles. The molecule has 0 aliphatic carbocycles. The predicted octanol–water partition coefficient (Wildman–Crippen LogP) is 2.73. The van der Waals surface area contributed by atoms with E-state index < -0.39 is 5.56 Å². The summed E-state index contributed by atoms with van der Waals surface area (Å²) in [7, 11) is 0. The number of fused-ring (bicyclic) bond motifs is 1. The van der Waals surface area contributed by atoms with Crippen molar-refractivity contribution in [1.29, 1.82) is 0 Å². The molecule has 0 spiro atoms. The average Bonchev–Trinajstić information content (AvgIpc) is 3.15. The van der Waals surface area contributed by atoms with Crippen LogP contribution in [0.4, 0.5) is 5.69 Å². The molecule has 4 rings (SSSR count). The highest BCUT2D eigenvalue weighted by molar-refractivity contribution is 6.30. The molecule has 10 heteroatoms. The topological polar surface area (TPSA) is 104 Å². The van der Waals surface area contributed by atoms with Gasteiger partial charge in [-0.25, -0.2) is 9.67 Å². The maximum atomic E-state index is 12.7. The fourth-order valence-corrected chi connectivity index (χ4v) is 3.28. The van der Waals surface area contributed by atoms with Crippen LogP contribution in [0.25, 0.3) is 11.2 Å². The molecule has 0 unspecified atom stereocenters. The predicted molar refractivity (Wildman–Crippen MR) is 116 cm³/mol. The van der Waals surface area contributed by atoms with Crippen LogP contribution >= 0.6 is 11.6 Å². The van der Waals surface area contributed by atoms with E-state index in [9.17, 15) is 9.59 Å². The molecule has 158 valence electrons. The van der Waals surface area contributed by atoms with Crippen molar-refractivity contribution in [1.82, 2.24) is 24.5 Å². The van der Waals surface area contributed by atoms with Crippen molar-refractivity contribution in [2.24, 2.45) is 0 Å². The van der Waals surface area contributed by atoms with Crippen molar-refractivity contribution in [3.05, 3.63) is 75.8 Å². The van der Waals surface area contributed by atoms with Crippen LogP contribution in [0.1, 0.15) is 12.5 Å². The SMILES string of the molecule is CCOc1ccc(NC(=O)Cn2cnc3c(nnn3Cc3cccc(Cl)c3)c2=O)cc1. The van der Waals surface area contributed by atoms with Gasteiger partial charge in [-0.2, -0.15) is 0 Å². The molecule has 0 saturated heterocycles. The zero-order valence-corrected chi connectivity index (χ0v) is 17.4. The number of carbonyl (C=O) groups is 1. The van der Waals surface area contributed by atoms with Gasteiger partial charge in [0.25, 0.3) is 5.56 Å². The zero-order chi connectivity index (χ0) is 21.8. The number of anilines is 1. The Hall–Kier alpha value is -3.72. The van der Waals surface area contributed by atoms with E-state index in [1.807, 2.05) is 25.1 Å². The summed E-state index contributed by atoms with van der Waals surface area (Å²) < 4.78 is 8.10. The second-order valence-corrected chi connectivity index (χ2v) is 7.17. The first-order valence-electron chi connectivity index (χ1n) is 9.59. The summed E-state index contributed by atoms with van der Waals surface area (Å²) in [5.41, 5.74) is 1.50. The number of rotatable bonds is 7. The monoisotopic (exact) mass is 438 g/mol. The highest BCUT2D eigenvalue weighted by Crippen LogP contribution is 2.16. The summed E-state index contributed by atoms with van der Waals surface area (Å²) in [6, 6.07) is 14.3. The Bertz CT molecular complexity index is 1280. The van der Waals surface area contributed by atoms with Crippen molar-refractivity contribution in [2.75, 3.05) is 11.9 Å². The van der Waals surface area contributed by atoms with Gasteiger partial charge in [0.05, 0.1) is 13.2 Å². The van der Waals surface area contributed by atoms with Gasteiger partial charge in [-0.15, -0.1) is 5.10 Å². The van der Waals surface area contributed by atoms with Crippen molar-refractivity contribution in [3.8, 4) is 5.75 Å². The summed E-state index contributed by atoms with van der Waals surface area (Å²) in [4.78, 5) is 29.4. The molecule has 2 aromatic heterocycles. The molecular formula is C21H19ClN6O3. The number of nitrogens with zero attached hydrogens (tertiary/aromatic N) is 5. The smallest absolute Gasteiger partial charge is 0.283 e. The third-order valence-electron chi connectivity index (χ3n) is 4.48. The van der Waals surface area contributed by atoms with Crippen LogP contribution in [0.2, 0.25) is 5.02 Å². The van der Waals surface area contributed by atoms with Crippen molar-refractivity contribution in [3.63, 3.8) is 0 Å². The first-order chi connectivity index (χ1) is 15.0. The lowest BCUT2D eigenvalue weighted by Gasteiger charge is -2.08. The molecule has 1 amide bonds. The first kappa shape index (κ1) is 20.5. The van der Waals surface area contributed by atoms with E-state index in [2.05, 4.69) is 20.6 Å². The molecule has 0 aliphatic rings. The van der Waals surface area contributed by atoms with E-state index in [-0.39, 0.29) is 18.0 Å². The van der Waals surface area contributed by atoms with Crippen LogP contribution in [0, 0.1) is 0 Å². The lowest BCUT2D eigenvalue weighted by atomic mass is 10.2. The molecule has 2 heterocycles. The van der Waals surface area contributed by atoms with E-state index in [4.69, 9.17) is 16.3 Å². The lowest BCUT2D eigenvalue weighted by molar-refractivity contribution is -0.116. The molecule has 0 atom stereocenters. The Labute approximate surface area is 182 Å². The van der Waals surface area contributed by atoms with Crippen LogP contribution in [0.5, 0.6) is 5.75 Å². The molecule has 0 radical (unpaired) electrons. The molecule has 31 heavy (non-hydrogen) atoms. The molecule has 0 aliphatic heterocycles. The highest BCUT2D eigenvalue weighted by Gasteiger charge is 2.14. The summed E-state index contributed by atoms with van der Waals surface area (Å²) in [5, 5.41) is 11.3. The van der Waals surface area contributed by atoms with Gasteiger partial charge >= 0.3 is 0 Å². The number of benzene rings is 2. The standard InChI is InChI=1S/C21H19ClN6O3/c1-2-31-17-8-6-16(7-9-17)24-18(29)12-27-13-23-20-19(21(27)30)25-26-28(20)11-14-4-3-5-15(22)10-14/h3-10,13H,2,11-12H2,1H3,(H,24,29).